The molecule has 5 amide bonds. The van der Waals surface area contributed by atoms with Gasteiger partial charge in [-0.3, -0.25) is 39.9 Å². The Bertz CT molecular complexity index is 3520. The van der Waals surface area contributed by atoms with Crippen LogP contribution < -0.4 is 16.0 Å². The second-order valence-corrected chi connectivity index (χ2v) is 21.8. The van der Waals surface area contributed by atoms with Crippen molar-refractivity contribution in [2.24, 2.45) is 0 Å². The summed E-state index contributed by atoms with van der Waals surface area (Å²) in [4.78, 5) is 91.7. The number of aliphatic hydroxyl groups excluding tert-OH is 3. The van der Waals surface area contributed by atoms with Crippen LogP contribution in [0.4, 0.5) is 38.0 Å². The minimum Gasteiger partial charge on any atom is -0.444 e. The number of nitro benzene ring substituents is 2. The number of nitrogens with one attached hydrogen (secondary N) is 1. The van der Waals surface area contributed by atoms with Gasteiger partial charge in [-0.25, -0.2) is 14.5 Å². The number of allylic oxidation sites excluding steroid dienone is 3. The van der Waals surface area contributed by atoms with Gasteiger partial charge in [-0.2, -0.15) is 0 Å². The van der Waals surface area contributed by atoms with Crippen molar-refractivity contribution in [1.82, 2.24) is 14.7 Å². The van der Waals surface area contributed by atoms with E-state index >= 15 is 0 Å². The van der Waals surface area contributed by atoms with Gasteiger partial charge in [-0.15, -0.1) is 0 Å². The monoisotopic (exact) mass is 1180 g/mol. The van der Waals surface area contributed by atoms with Gasteiger partial charge in [0.1, 0.15) is 13.2 Å². The Morgan fingerprint density at radius 2 is 1.07 bits per heavy atom. The molecule has 4 aliphatic rings. The van der Waals surface area contributed by atoms with E-state index in [1.54, 1.807) is 39.0 Å². The minimum atomic E-state index is -1.29. The summed E-state index contributed by atoms with van der Waals surface area (Å²) in [7, 11) is 0. The largest absolute Gasteiger partial charge is 0.444 e. The molecule has 6 N–H and O–H groups in total. The first kappa shape index (κ1) is 64.3. The topological polar surface area (TPSA) is 302 Å². The standard InChI is InChI=1S/C24H25N3O6.C24H27N3O6.C16H22N2O2/c1-4-16-11-21-23(29)26(24(30)33-13-17-5-7-18(8-6-17)27(31)32)20-10-15(3)14(2)9-19(20)22(28)25(21)12-16;1-4-17-11-20(13-28)26(12-17)23(29)21-9-15(2)16(3)10-22(21)25-24(30)33-14-18-5-7-19(8-6-18)27(31)32;1-4-12-7-13(9-19)18(8-12)16(20)14-5-10(2)11(3)6-15(14)17/h4-10,21,23,29H,11-13H2,1-3H3;4-10,20,28H,11-14H2,1-3H3,(H,25,30);4-6,13,19H,7-9,17H2,1-3H3/t21-,23?;20-;13-/m000/s1. The summed E-state index contributed by atoms with van der Waals surface area (Å²) in [5.41, 5.74) is 18.3. The van der Waals surface area contributed by atoms with Gasteiger partial charge in [0, 0.05) is 49.6 Å². The predicted octanol–water partition coefficient (Wildman–Crippen LogP) is 10.00. The van der Waals surface area contributed by atoms with Gasteiger partial charge in [0.2, 0.25) is 0 Å². The molecule has 4 atom stereocenters. The molecule has 0 aliphatic carbocycles. The predicted molar refractivity (Wildman–Crippen MR) is 325 cm³/mol. The summed E-state index contributed by atoms with van der Waals surface area (Å²) in [5, 5.41) is 54.7. The number of nitrogens with two attached hydrogens (primary N) is 1. The zero-order chi connectivity index (χ0) is 62.8. The molecule has 0 aromatic heterocycles. The number of nitro groups is 2. The molecule has 4 heterocycles. The molecule has 0 saturated carbocycles. The molecular weight excluding hydrogens is 1100 g/mol. The second-order valence-electron chi connectivity index (χ2n) is 21.8. The highest BCUT2D eigenvalue weighted by Crippen LogP contribution is 2.38. The normalized spacial score (nSPS) is 19.3. The first-order valence-corrected chi connectivity index (χ1v) is 28.1. The molecule has 3 fully saturated rings. The Morgan fingerprint density at radius 1 is 0.628 bits per heavy atom. The number of nitrogen functional groups attached to an aromatic ring is 1. The van der Waals surface area contributed by atoms with Gasteiger partial charge in [-0.05, 0) is 187 Å². The lowest BCUT2D eigenvalue weighted by Gasteiger charge is -2.31. The number of amides is 5. The smallest absolute Gasteiger partial charge is 0.416 e. The Labute approximate surface area is 499 Å². The molecule has 0 radical (unpaired) electrons. The Morgan fingerprint density at radius 3 is 1.57 bits per heavy atom. The van der Waals surface area contributed by atoms with Crippen LogP contribution in [0.3, 0.4) is 0 Å². The van der Waals surface area contributed by atoms with Gasteiger partial charge >= 0.3 is 12.2 Å². The number of aryl methyl sites for hydroxylation is 6. The van der Waals surface area contributed by atoms with Gasteiger partial charge in [0.05, 0.1) is 69.3 Å². The molecule has 9 rings (SSSR count). The number of rotatable bonds is 11. The van der Waals surface area contributed by atoms with E-state index in [-0.39, 0.29) is 67.6 Å². The summed E-state index contributed by atoms with van der Waals surface area (Å²) in [6, 6.07) is 20.9. The third-order valence-corrected chi connectivity index (χ3v) is 16.2. The van der Waals surface area contributed by atoms with Crippen LogP contribution in [0.15, 0.2) is 120 Å². The van der Waals surface area contributed by atoms with Gasteiger partial charge in [0.25, 0.3) is 29.1 Å². The summed E-state index contributed by atoms with van der Waals surface area (Å²) < 4.78 is 10.7. The highest BCUT2D eigenvalue weighted by atomic mass is 16.6. The number of nitrogens with zero attached hydrogens (tertiary/aromatic N) is 6. The number of aliphatic hydroxyl groups is 3. The van der Waals surface area contributed by atoms with Crippen molar-refractivity contribution in [3.05, 3.63) is 201 Å². The van der Waals surface area contributed by atoms with Crippen LogP contribution in [0.25, 0.3) is 0 Å². The highest BCUT2D eigenvalue weighted by molar-refractivity contribution is 6.06. The first-order chi connectivity index (χ1) is 40.9. The lowest BCUT2D eigenvalue weighted by molar-refractivity contribution is -0.385. The number of non-ortho nitro benzene ring substituents is 2. The van der Waals surface area contributed by atoms with Crippen LogP contribution in [-0.4, -0.2) is 127 Å². The number of likely N-dealkylation sites (tertiary alicyclic amines) is 2. The van der Waals surface area contributed by atoms with E-state index in [0.717, 1.165) is 55.8 Å². The molecule has 0 spiro atoms. The summed E-state index contributed by atoms with van der Waals surface area (Å²) >= 11 is 0. The number of anilines is 3. The lowest BCUT2D eigenvalue weighted by atomic mass is 10.0. The first-order valence-electron chi connectivity index (χ1n) is 28.1. The fraction of sp³-hybridized carbons (Fsp3) is 0.359. The van der Waals surface area contributed by atoms with Gasteiger partial charge < -0.3 is 45.2 Å². The molecule has 1 unspecified atom stereocenters. The zero-order valence-corrected chi connectivity index (χ0v) is 49.8. The van der Waals surface area contributed by atoms with E-state index in [4.69, 9.17) is 15.2 Å². The van der Waals surface area contributed by atoms with E-state index in [0.29, 0.717) is 77.4 Å². The molecule has 4 aliphatic heterocycles. The quantitative estimate of drug-likeness (QED) is 0.0356. The molecule has 454 valence electrons. The fourth-order valence-corrected chi connectivity index (χ4v) is 10.6. The van der Waals surface area contributed by atoms with E-state index < -0.39 is 34.3 Å². The summed E-state index contributed by atoms with van der Waals surface area (Å²) in [6.07, 6.45) is 4.86. The second kappa shape index (κ2) is 28.1. The Kier molecular flexibility index (Phi) is 21.0. The molecule has 0 bridgehead atoms. The number of ether oxygens (including phenoxy) is 2. The van der Waals surface area contributed by atoms with E-state index in [9.17, 15) is 59.5 Å². The zero-order valence-electron chi connectivity index (χ0n) is 49.8. The van der Waals surface area contributed by atoms with Crippen LogP contribution >= 0.6 is 0 Å². The summed E-state index contributed by atoms with van der Waals surface area (Å²) in [5.74, 6) is -0.610. The molecule has 3 saturated heterocycles. The van der Waals surface area contributed by atoms with Crippen LogP contribution in [0.5, 0.6) is 0 Å². The third kappa shape index (κ3) is 14.6. The maximum atomic E-state index is 13.4. The van der Waals surface area contributed by atoms with E-state index in [1.807, 2.05) is 92.7 Å². The number of carbonyl (C=O) groups excluding carboxylic acids is 5. The van der Waals surface area contributed by atoms with Gasteiger partial charge in [0.15, 0.2) is 6.23 Å². The Hall–Kier alpha value is -9.25. The highest BCUT2D eigenvalue weighted by Gasteiger charge is 2.46. The van der Waals surface area contributed by atoms with Crippen LogP contribution in [-0.2, 0) is 22.7 Å². The minimum absolute atomic E-state index is 0.0200. The van der Waals surface area contributed by atoms with Gasteiger partial charge in [-0.1, -0.05) is 34.9 Å². The summed E-state index contributed by atoms with van der Waals surface area (Å²) in [6.45, 7) is 18.2. The van der Waals surface area contributed by atoms with E-state index in [2.05, 4.69) is 5.32 Å². The van der Waals surface area contributed by atoms with Crippen LogP contribution in [0.2, 0.25) is 0 Å². The molecular formula is C64H74N8O14. The van der Waals surface area contributed by atoms with Crippen molar-refractivity contribution < 1.29 is 58.6 Å². The van der Waals surface area contributed by atoms with E-state index in [1.165, 1.54) is 54.1 Å². The average Bonchev–Trinajstić information content (AvgIpc) is 1.68. The number of benzene rings is 5. The Balaban J connectivity index is 0.000000191. The molecule has 5 aromatic rings. The fourth-order valence-electron chi connectivity index (χ4n) is 10.6. The number of carbonyl (C=O) groups is 5. The van der Waals surface area contributed by atoms with Crippen LogP contribution in [0, 0.1) is 61.8 Å². The van der Waals surface area contributed by atoms with Crippen molar-refractivity contribution in [2.45, 2.75) is 119 Å². The van der Waals surface area contributed by atoms with Crippen molar-refractivity contribution in [3.8, 4) is 0 Å². The van der Waals surface area contributed by atoms with Crippen molar-refractivity contribution in [3.63, 3.8) is 0 Å². The average molecular weight is 1180 g/mol. The SMILES string of the molecule is CC=C1C[C@@H](CO)N(C(=O)c2cc(C)c(C)cc2N)C1.CC=C1C[C@@H](CO)N(C(=O)c2cc(C)c(C)cc2NC(=O)OCc2ccc([N+](=O)[O-])cc2)C1.CC=C1C[C@H]2C(O)N(C(=O)OCc3ccc([N+](=O)[O-])cc3)c3cc(C)c(C)cc3C(=O)N2C1. The molecule has 5 aromatic carbocycles. The molecule has 22 heteroatoms. The number of fused-ring (bicyclic) bond motifs is 2. The van der Waals surface area contributed by atoms with Crippen LogP contribution in [0.1, 0.15) is 116 Å². The molecule has 86 heavy (non-hydrogen) atoms. The van der Waals surface area contributed by atoms with Crippen molar-refractivity contribution >= 4 is 58.3 Å². The number of hydrogen-bond acceptors (Lipinski definition) is 15. The lowest BCUT2D eigenvalue weighted by Crippen LogP contribution is -2.50. The third-order valence-electron chi connectivity index (χ3n) is 16.2. The maximum Gasteiger partial charge on any atom is 0.416 e. The maximum absolute atomic E-state index is 13.4. The van der Waals surface area contributed by atoms with Crippen molar-refractivity contribution in [2.75, 3.05) is 48.8 Å². The molecule has 22 nitrogen and oxygen atoms in total. The number of hydrogen-bond donors (Lipinski definition) is 5. The van der Waals surface area contributed by atoms with Crippen molar-refractivity contribution in [1.29, 1.82) is 0 Å².